The lowest BCUT2D eigenvalue weighted by molar-refractivity contribution is -0.118. The highest BCUT2D eigenvalue weighted by Gasteiger charge is 2.22. The number of fused-ring (bicyclic) bond motifs is 1. The summed E-state index contributed by atoms with van der Waals surface area (Å²) in [4.78, 5) is 22.3. The van der Waals surface area contributed by atoms with Gasteiger partial charge in [0.1, 0.15) is 0 Å². The van der Waals surface area contributed by atoms with Crippen LogP contribution in [0.2, 0.25) is 5.02 Å². The van der Waals surface area contributed by atoms with Gasteiger partial charge >= 0.3 is 0 Å². The van der Waals surface area contributed by atoms with E-state index in [1.54, 1.807) is 49.1 Å². The molecule has 0 fully saturated rings. The predicted molar refractivity (Wildman–Crippen MR) is 144 cm³/mol. The van der Waals surface area contributed by atoms with Crippen LogP contribution in [-0.2, 0) is 21.1 Å². The molecule has 0 aliphatic heterocycles. The van der Waals surface area contributed by atoms with Crippen molar-refractivity contribution in [1.82, 2.24) is 9.88 Å². The van der Waals surface area contributed by atoms with E-state index in [1.807, 2.05) is 12.1 Å². The molecular formula is C24H31Cl2N3O3S2. The van der Waals surface area contributed by atoms with Gasteiger partial charge < -0.3 is 4.90 Å². The van der Waals surface area contributed by atoms with Crippen molar-refractivity contribution in [2.75, 3.05) is 31.1 Å². The molecule has 0 N–H and O–H groups in total. The summed E-state index contributed by atoms with van der Waals surface area (Å²) in [6, 6.07) is 12.1. The van der Waals surface area contributed by atoms with Gasteiger partial charge in [0.05, 0.1) is 26.8 Å². The van der Waals surface area contributed by atoms with Gasteiger partial charge in [-0.1, -0.05) is 48.9 Å². The highest BCUT2D eigenvalue weighted by molar-refractivity contribution is 7.92. The number of aromatic nitrogens is 1. The van der Waals surface area contributed by atoms with E-state index in [-0.39, 0.29) is 29.6 Å². The quantitative estimate of drug-likeness (QED) is 0.339. The van der Waals surface area contributed by atoms with Crippen molar-refractivity contribution < 1.29 is 13.2 Å². The first-order chi connectivity index (χ1) is 15.6. The number of hydrogen-bond donors (Lipinski definition) is 0. The molecule has 1 aromatic heterocycles. The van der Waals surface area contributed by atoms with Gasteiger partial charge in [0.25, 0.3) is 0 Å². The number of likely N-dealkylation sites (N-methyl/N-ethyl adjacent to an activating group) is 1. The number of halogens is 2. The summed E-state index contributed by atoms with van der Waals surface area (Å²) in [6.07, 6.45) is 0.164. The van der Waals surface area contributed by atoms with E-state index >= 15 is 0 Å². The standard InChI is InChI=1S/C24H30ClN3O3S2.ClH/c1-5-27(6-2)13-14-28(24-26-21-12-9-19(25)16-22(21)32-24)23(29)15-18-7-10-20(11-8-18)33(30,31)17(3)4;/h7-12,16-17H,5-6,13-15H2,1-4H3;1H. The van der Waals surface area contributed by atoms with Crippen LogP contribution < -0.4 is 4.90 Å². The Balaban J connectivity index is 0.00000408. The fourth-order valence-electron chi connectivity index (χ4n) is 3.45. The first-order valence-corrected chi connectivity index (χ1v) is 13.8. The van der Waals surface area contributed by atoms with Gasteiger partial charge in [0.15, 0.2) is 15.0 Å². The average Bonchev–Trinajstić information content (AvgIpc) is 3.19. The number of sulfone groups is 1. The summed E-state index contributed by atoms with van der Waals surface area (Å²) < 4.78 is 25.7. The molecule has 10 heteroatoms. The van der Waals surface area contributed by atoms with Gasteiger partial charge in [-0.25, -0.2) is 13.4 Å². The number of nitrogens with zero attached hydrogens (tertiary/aromatic N) is 3. The Kier molecular flexibility index (Phi) is 10.3. The van der Waals surface area contributed by atoms with Crippen LogP contribution in [0.3, 0.4) is 0 Å². The van der Waals surface area contributed by atoms with Gasteiger partial charge in [0.2, 0.25) is 5.91 Å². The van der Waals surface area contributed by atoms with Crippen molar-refractivity contribution in [1.29, 1.82) is 0 Å². The summed E-state index contributed by atoms with van der Waals surface area (Å²) in [5.74, 6) is -0.0771. The minimum absolute atomic E-state index is 0. The van der Waals surface area contributed by atoms with E-state index in [1.165, 1.54) is 11.3 Å². The second kappa shape index (κ2) is 12.3. The van der Waals surface area contributed by atoms with E-state index in [2.05, 4.69) is 23.7 Å². The Labute approximate surface area is 217 Å². The molecule has 0 unspecified atom stereocenters. The number of hydrogen-bond acceptors (Lipinski definition) is 6. The minimum Gasteiger partial charge on any atom is -0.302 e. The van der Waals surface area contributed by atoms with Crippen molar-refractivity contribution in [3.63, 3.8) is 0 Å². The number of carbonyl (C=O) groups is 1. The van der Waals surface area contributed by atoms with Crippen molar-refractivity contribution in [2.45, 2.75) is 44.3 Å². The SMILES string of the molecule is CCN(CC)CCN(C(=O)Cc1ccc(S(=O)(=O)C(C)C)cc1)c1nc2ccc(Cl)cc2s1.Cl. The maximum atomic E-state index is 13.4. The largest absolute Gasteiger partial charge is 0.302 e. The monoisotopic (exact) mass is 543 g/mol. The molecule has 0 spiro atoms. The first-order valence-electron chi connectivity index (χ1n) is 11.1. The molecule has 0 saturated carbocycles. The zero-order chi connectivity index (χ0) is 24.2. The van der Waals surface area contributed by atoms with Crippen LogP contribution in [0.5, 0.6) is 0 Å². The molecule has 0 bridgehead atoms. The van der Waals surface area contributed by atoms with Crippen LogP contribution in [-0.4, -0.2) is 55.6 Å². The molecular weight excluding hydrogens is 513 g/mol. The van der Waals surface area contributed by atoms with Crippen LogP contribution in [0, 0.1) is 0 Å². The molecule has 186 valence electrons. The van der Waals surface area contributed by atoms with Gasteiger partial charge in [0, 0.05) is 18.1 Å². The van der Waals surface area contributed by atoms with Gasteiger partial charge in [-0.15, -0.1) is 12.4 Å². The topological polar surface area (TPSA) is 70.6 Å². The molecule has 0 aliphatic rings. The van der Waals surface area contributed by atoms with E-state index in [9.17, 15) is 13.2 Å². The molecule has 3 aromatic rings. The highest BCUT2D eigenvalue weighted by atomic mass is 35.5. The van der Waals surface area contributed by atoms with Crippen LogP contribution in [0.4, 0.5) is 5.13 Å². The molecule has 0 saturated heterocycles. The van der Waals surface area contributed by atoms with Crippen molar-refractivity contribution in [3.8, 4) is 0 Å². The normalized spacial score (nSPS) is 11.7. The number of carbonyl (C=O) groups excluding carboxylic acids is 1. The maximum absolute atomic E-state index is 13.4. The molecule has 1 amide bonds. The zero-order valence-electron chi connectivity index (χ0n) is 19.8. The van der Waals surface area contributed by atoms with Gasteiger partial charge in [-0.3, -0.25) is 9.69 Å². The molecule has 34 heavy (non-hydrogen) atoms. The zero-order valence-corrected chi connectivity index (χ0v) is 23.0. The lowest BCUT2D eigenvalue weighted by Crippen LogP contribution is -2.39. The molecule has 6 nitrogen and oxygen atoms in total. The molecule has 2 aromatic carbocycles. The number of rotatable bonds is 10. The van der Waals surface area contributed by atoms with E-state index in [0.29, 0.717) is 16.7 Å². The number of amides is 1. The Bertz CT molecular complexity index is 1210. The van der Waals surface area contributed by atoms with Crippen LogP contribution >= 0.6 is 35.3 Å². The fraction of sp³-hybridized carbons (Fsp3) is 0.417. The van der Waals surface area contributed by atoms with Crippen molar-refractivity contribution >= 4 is 66.4 Å². The third-order valence-electron chi connectivity index (χ3n) is 5.63. The van der Waals surface area contributed by atoms with Crippen LogP contribution in [0.1, 0.15) is 33.3 Å². The Hall–Kier alpha value is -1.71. The maximum Gasteiger partial charge on any atom is 0.233 e. The molecule has 3 rings (SSSR count). The minimum atomic E-state index is -3.34. The summed E-state index contributed by atoms with van der Waals surface area (Å²) in [5.41, 5.74) is 1.57. The van der Waals surface area contributed by atoms with E-state index in [0.717, 1.165) is 35.4 Å². The van der Waals surface area contributed by atoms with Crippen LogP contribution in [0.25, 0.3) is 10.2 Å². The summed E-state index contributed by atoms with van der Waals surface area (Å²) in [6.45, 7) is 10.6. The third-order valence-corrected chi connectivity index (χ3v) is 9.08. The van der Waals surface area contributed by atoms with E-state index in [4.69, 9.17) is 11.6 Å². The lowest BCUT2D eigenvalue weighted by Gasteiger charge is -2.24. The summed E-state index contributed by atoms with van der Waals surface area (Å²) in [7, 11) is -3.34. The summed E-state index contributed by atoms with van der Waals surface area (Å²) >= 11 is 7.58. The third kappa shape index (κ3) is 6.70. The van der Waals surface area contributed by atoms with Gasteiger partial charge in [-0.05, 0) is 62.8 Å². The Morgan fingerprint density at radius 1 is 1.06 bits per heavy atom. The highest BCUT2D eigenvalue weighted by Crippen LogP contribution is 2.31. The Morgan fingerprint density at radius 3 is 2.29 bits per heavy atom. The first kappa shape index (κ1) is 28.5. The number of thiazole rings is 1. The second-order valence-electron chi connectivity index (χ2n) is 8.10. The smallest absolute Gasteiger partial charge is 0.233 e. The Morgan fingerprint density at radius 2 is 1.71 bits per heavy atom. The molecule has 0 aliphatic carbocycles. The van der Waals surface area contributed by atoms with Crippen molar-refractivity contribution in [2.24, 2.45) is 0 Å². The van der Waals surface area contributed by atoms with Crippen LogP contribution in [0.15, 0.2) is 47.4 Å². The van der Waals surface area contributed by atoms with Crippen molar-refractivity contribution in [3.05, 3.63) is 53.1 Å². The number of benzene rings is 2. The van der Waals surface area contributed by atoms with E-state index < -0.39 is 15.1 Å². The second-order valence-corrected chi connectivity index (χ2v) is 12.0. The summed E-state index contributed by atoms with van der Waals surface area (Å²) in [5, 5.41) is 0.784. The predicted octanol–water partition coefficient (Wildman–Crippen LogP) is 5.47. The lowest BCUT2D eigenvalue weighted by atomic mass is 10.1. The molecule has 1 heterocycles. The van der Waals surface area contributed by atoms with Gasteiger partial charge in [-0.2, -0.15) is 0 Å². The molecule has 0 atom stereocenters. The number of anilines is 1. The average molecular weight is 545 g/mol. The fourth-order valence-corrected chi connectivity index (χ4v) is 5.79. The molecule has 0 radical (unpaired) electrons.